The topological polar surface area (TPSA) is 56.5 Å². The predicted molar refractivity (Wildman–Crippen MR) is 76.2 cm³/mol. The van der Waals surface area contributed by atoms with Gasteiger partial charge in [0.05, 0.1) is 31.2 Å². The van der Waals surface area contributed by atoms with Gasteiger partial charge in [-0.15, -0.1) is 0 Å². The first-order chi connectivity index (χ1) is 9.62. The number of aryl methyl sites for hydroxylation is 2. The number of benzene rings is 1. The number of methoxy groups -OCH3 is 2. The summed E-state index contributed by atoms with van der Waals surface area (Å²) in [4.78, 5) is 0. The second-order valence-corrected chi connectivity index (χ2v) is 4.51. The van der Waals surface area contributed by atoms with E-state index in [0.29, 0.717) is 23.6 Å². The van der Waals surface area contributed by atoms with Gasteiger partial charge < -0.3 is 14.6 Å². The Labute approximate surface area is 118 Å². The summed E-state index contributed by atoms with van der Waals surface area (Å²) in [7, 11) is 3.15. The van der Waals surface area contributed by atoms with Crippen molar-refractivity contribution in [3.05, 3.63) is 41.2 Å². The summed E-state index contributed by atoms with van der Waals surface area (Å²) in [5.74, 6) is 1.19. The van der Waals surface area contributed by atoms with Gasteiger partial charge in [0.25, 0.3) is 0 Å². The highest BCUT2D eigenvalue weighted by Crippen LogP contribution is 2.37. The molecule has 1 unspecified atom stereocenters. The minimum absolute atomic E-state index is 0.596. The SMILES string of the molecule is CCn1nc(C)cc1C(O)c1c(OC)cccc1OC. The van der Waals surface area contributed by atoms with Crippen molar-refractivity contribution in [1.29, 1.82) is 0 Å². The molecule has 0 amide bonds. The van der Waals surface area contributed by atoms with E-state index in [4.69, 9.17) is 9.47 Å². The third kappa shape index (κ3) is 2.49. The van der Waals surface area contributed by atoms with Crippen LogP contribution >= 0.6 is 0 Å². The van der Waals surface area contributed by atoms with Crippen molar-refractivity contribution >= 4 is 0 Å². The monoisotopic (exact) mass is 276 g/mol. The molecule has 0 saturated heterocycles. The molecule has 1 aromatic heterocycles. The molecule has 0 bridgehead atoms. The van der Waals surface area contributed by atoms with Crippen LogP contribution in [0.15, 0.2) is 24.3 Å². The number of aromatic nitrogens is 2. The van der Waals surface area contributed by atoms with Gasteiger partial charge in [-0.3, -0.25) is 4.68 Å². The molecule has 1 aromatic carbocycles. The minimum atomic E-state index is -0.845. The number of aliphatic hydroxyl groups is 1. The van der Waals surface area contributed by atoms with Crippen molar-refractivity contribution in [2.24, 2.45) is 0 Å². The maximum absolute atomic E-state index is 10.7. The molecule has 20 heavy (non-hydrogen) atoms. The summed E-state index contributed by atoms with van der Waals surface area (Å²) >= 11 is 0. The minimum Gasteiger partial charge on any atom is -0.496 e. The molecule has 5 nitrogen and oxygen atoms in total. The third-order valence-electron chi connectivity index (χ3n) is 3.25. The summed E-state index contributed by atoms with van der Waals surface area (Å²) in [6.07, 6.45) is -0.845. The standard InChI is InChI=1S/C15H20N2O3/c1-5-17-11(9-10(2)16-17)15(18)14-12(19-3)7-6-8-13(14)20-4/h6-9,15,18H,5H2,1-4H3. The van der Waals surface area contributed by atoms with E-state index in [9.17, 15) is 5.11 Å². The Kier molecular flexibility index (Phi) is 4.29. The van der Waals surface area contributed by atoms with Gasteiger partial charge >= 0.3 is 0 Å². The van der Waals surface area contributed by atoms with E-state index in [-0.39, 0.29) is 0 Å². The molecule has 0 aliphatic carbocycles. The second kappa shape index (κ2) is 5.96. The molecule has 0 fully saturated rings. The summed E-state index contributed by atoms with van der Waals surface area (Å²) in [5.41, 5.74) is 2.22. The molecule has 5 heteroatoms. The van der Waals surface area contributed by atoms with Crippen LogP contribution in [0, 0.1) is 6.92 Å². The molecule has 1 atom stereocenters. The summed E-state index contributed by atoms with van der Waals surface area (Å²) in [5, 5.41) is 15.1. The lowest BCUT2D eigenvalue weighted by Crippen LogP contribution is -2.11. The zero-order valence-electron chi connectivity index (χ0n) is 12.3. The normalized spacial score (nSPS) is 12.2. The fourth-order valence-corrected chi connectivity index (χ4v) is 2.34. The van der Waals surface area contributed by atoms with E-state index >= 15 is 0 Å². The van der Waals surface area contributed by atoms with E-state index in [1.165, 1.54) is 0 Å². The molecule has 0 saturated carbocycles. The van der Waals surface area contributed by atoms with E-state index < -0.39 is 6.10 Å². The Balaban J connectivity index is 2.54. The average molecular weight is 276 g/mol. The second-order valence-electron chi connectivity index (χ2n) is 4.51. The first-order valence-electron chi connectivity index (χ1n) is 6.55. The smallest absolute Gasteiger partial charge is 0.128 e. The summed E-state index contributed by atoms with van der Waals surface area (Å²) in [6, 6.07) is 7.32. The van der Waals surface area contributed by atoms with Crippen LogP contribution in [-0.2, 0) is 6.54 Å². The number of nitrogens with zero attached hydrogens (tertiary/aromatic N) is 2. The van der Waals surface area contributed by atoms with E-state index in [2.05, 4.69) is 5.10 Å². The first kappa shape index (κ1) is 14.4. The van der Waals surface area contributed by atoms with Crippen LogP contribution in [0.25, 0.3) is 0 Å². The molecule has 0 aliphatic rings. The van der Waals surface area contributed by atoms with E-state index in [1.807, 2.05) is 26.0 Å². The van der Waals surface area contributed by atoms with Gasteiger partial charge in [0.1, 0.15) is 17.6 Å². The summed E-state index contributed by atoms with van der Waals surface area (Å²) in [6.45, 7) is 4.58. The van der Waals surface area contributed by atoms with Crippen molar-refractivity contribution < 1.29 is 14.6 Å². The van der Waals surface area contributed by atoms with Crippen LogP contribution < -0.4 is 9.47 Å². The van der Waals surface area contributed by atoms with Crippen molar-refractivity contribution in [3.63, 3.8) is 0 Å². The van der Waals surface area contributed by atoms with Crippen LogP contribution in [0.1, 0.15) is 30.0 Å². The van der Waals surface area contributed by atoms with E-state index in [0.717, 1.165) is 11.4 Å². The largest absolute Gasteiger partial charge is 0.496 e. The maximum Gasteiger partial charge on any atom is 0.128 e. The van der Waals surface area contributed by atoms with Gasteiger partial charge in [-0.25, -0.2) is 0 Å². The zero-order chi connectivity index (χ0) is 14.7. The molecule has 2 rings (SSSR count). The van der Waals surface area contributed by atoms with Gasteiger partial charge in [-0.05, 0) is 32.0 Å². The number of hydrogen-bond acceptors (Lipinski definition) is 4. The van der Waals surface area contributed by atoms with Gasteiger partial charge in [-0.1, -0.05) is 6.07 Å². The molecule has 1 heterocycles. The van der Waals surface area contributed by atoms with Crippen molar-refractivity contribution in [2.45, 2.75) is 26.5 Å². The highest BCUT2D eigenvalue weighted by atomic mass is 16.5. The molecule has 0 spiro atoms. The van der Waals surface area contributed by atoms with Crippen LogP contribution in [0.4, 0.5) is 0 Å². The quantitative estimate of drug-likeness (QED) is 0.910. The Morgan fingerprint density at radius 1 is 1.25 bits per heavy atom. The number of rotatable bonds is 5. The fraction of sp³-hybridized carbons (Fsp3) is 0.400. The molecule has 0 radical (unpaired) electrons. The summed E-state index contributed by atoms with van der Waals surface area (Å²) < 4.78 is 12.5. The maximum atomic E-state index is 10.7. The zero-order valence-corrected chi connectivity index (χ0v) is 12.3. The fourth-order valence-electron chi connectivity index (χ4n) is 2.34. The highest BCUT2D eigenvalue weighted by Gasteiger charge is 2.23. The number of aliphatic hydroxyl groups excluding tert-OH is 1. The van der Waals surface area contributed by atoms with Crippen molar-refractivity contribution in [2.75, 3.05) is 14.2 Å². The first-order valence-corrected chi connectivity index (χ1v) is 6.55. The highest BCUT2D eigenvalue weighted by molar-refractivity contribution is 5.48. The van der Waals surface area contributed by atoms with Crippen LogP contribution in [0.5, 0.6) is 11.5 Å². The van der Waals surface area contributed by atoms with Gasteiger partial charge in [0.15, 0.2) is 0 Å². The molecule has 2 aromatic rings. The lowest BCUT2D eigenvalue weighted by molar-refractivity contribution is 0.197. The number of ether oxygens (including phenoxy) is 2. The molecular formula is C15H20N2O3. The van der Waals surface area contributed by atoms with E-state index in [1.54, 1.807) is 31.0 Å². The van der Waals surface area contributed by atoms with Gasteiger partial charge in [0.2, 0.25) is 0 Å². The van der Waals surface area contributed by atoms with Gasteiger partial charge in [-0.2, -0.15) is 5.10 Å². The van der Waals surface area contributed by atoms with Gasteiger partial charge in [0, 0.05) is 6.54 Å². The Morgan fingerprint density at radius 3 is 2.35 bits per heavy atom. The Morgan fingerprint density at radius 2 is 1.85 bits per heavy atom. The molecular weight excluding hydrogens is 256 g/mol. The lowest BCUT2D eigenvalue weighted by atomic mass is 10.0. The average Bonchev–Trinajstić information content (AvgIpc) is 2.86. The van der Waals surface area contributed by atoms with Crippen LogP contribution in [0.3, 0.4) is 0 Å². The Hall–Kier alpha value is -2.01. The Bertz CT molecular complexity index is 571. The van der Waals surface area contributed by atoms with Crippen LogP contribution in [-0.4, -0.2) is 29.1 Å². The van der Waals surface area contributed by atoms with Crippen molar-refractivity contribution in [1.82, 2.24) is 9.78 Å². The predicted octanol–water partition coefficient (Wildman–Crippen LogP) is 2.31. The molecule has 1 N–H and O–H groups in total. The lowest BCUT2D eigenvalue weighted by Gasteiger charge is -2.18. The number of hydrogen-bond donors (Lipinski definition) is 1. The van der Waals surface area contributed by atoms with Crippen molar-refractivity contribution in [3.8, 4) is 11.5 Å². The molecule has 0 aliphatic heterocycles. The third-order valence-corrected chi connectivity index (χ3v) is 3.25. The molecule has 108 valence electrons. The van der Waals surface area contributed by atoms with Crippen LogP contribution in [0.2, 0.25) is 0 Å².